The molecule has 19 heavy (non-hydrogen) atoms. The monoisotopic (exact) mass is 269 g/mol. The SMILES string of the molecule is CCCC1CCC(NC(CC(C)C)C(=O)OC)CC1. The van der Waals surface area contributed by atoms with Gasteiger partial charge in [0.05, 0.1) is 7.11 Å². The zero-order chi connectivity index (χ0) is 14.3. The van der Waals surface area contributed by atoms with Crippen molar-refractivity contribution in [2.75, 3.05) is 7.11 Å². The van der Waals surface area contributed by atoms with Crippen molar-refractivity contribution in [1.29, 1.82) is 0 Å². The van der Waals surface area contributed by atoms with Crippen LogP contribution in [0.2, 0.25) is 0 Å². The normalized spacial score (nSPS) is 25.3. The Balaban J connectivity index is 2.40. The lowest BCUT2D eigenvalue weighted by atomic mass is 9.83. The van der Waals surface area contributed by atoms with Crippen LogP contribution in [0.1, 0.15) is 65.7 Å². The first-order chi connectivity index (χ1) is 9.06. The fourth-order valence-corrected chi connectivity index (χ4v) is 3.16. The predicted octanol–water partition coefficient (Wildman–Crippen LogP) is 3.52. The summed E-state index contributed by atoms with van der Waals surface area (Å²) in [5.41, 5.74) is 0. The van der Waals surface area contributed by atoms with Crippen molar-refractivity contribution in [3.05, 3.63) is 0 Å². The first-order valence-corrected chi connectivity index (χ1v) is 7.90. The van der Waals surface area contributed by atoms with Gasteiger partial charge in [-0.05, 0) is 43.9 Å². The lowest BCUT2D eigenvalue weighted by Crippen LogP contribution is -2.46. The summed E-state index contributed by atoms with van der Waals surface area (Å²) in [6, 6.07) is 0.369. The Hall–Kier alpha value is -0.570. The Bertz CT molecular complexity index is 257. The van der Waals surface area contributed by atoms with Crippen molar-refractivity contribution in [3.63, 3.8) is 0 Å². The maximum atomic E-state index is 11.8. The van der Waals surface area contributed by atoms with Crippen LogP contribution in [0.3, 0.4) is 0 Å². The Morgan fingerprint density at radius 3 is 2.37 bits per heavy atom. The van der Waals surface area contributed by atoms with E-state index in [1.807, 2.05) is 0 Å². The second-order valence-electron chi connectivity index (χ2n) is 6.38. The van der Waals surface area contributed by atoms with Crippen molar-refractivity contribution >= 4 is 5.97 Å². The summed E-state index contributed by atoms with van der Waals surface area (Å²) in [6.07, 6.45) is 8.54. The molecule has 3 heteroatoms. The second-order valence-corrected chi connectivity index (χ2v) is 6.38. The van der Waals surface area contributed by atoms with E-state index in [-0.39, 0.29) is 12.0 Å². The maximum absolute atomic E-state index is 11.8. The lowest BCUT2D eigenvalue weighted by Gasteiger charge is -2.31. The molecule has 0 spiro atoms. The summed E-state index contributed by atoms with van der Waals surface area (Å²) < 4.78 is 4.91. The minimum atomic E-state index is -0.127. The maximum Gasteiger partial charge on any atom is 0.322 e. The quantitative estimate of drug-likeness (QED) is 0.719. The Morgan fingerprint density at radius 2 is 1.89 bits per heavy atom. The molecule has 0 saturated heterocycles. The van der Waals surface area contributed by atoms with Crippen molar-refractivity contribution < 1.29 is 9.53 Å². The average Bonchev–Trinajstić information content (AvgIpc) is 2.39. The molecule has 0 aromatic rings. The van der Waals surface area contributed by atoms with Gasteiger partial charge in [0.2, 0.25) is 0 Å². The van der Waals surface area contributed by atoms with Gasteiger partial charge in [-0.25, -0.2) is 0 Å². The fraction of sp³-hybridized carbons (Fsp3) is 0.938. The number of rotatable bonds is 7. The first-order valence-electron chi connectivity index (χ1n) is 7.90. The second kappa shape index (κ2) is 8.57. The largest absolute Gasteiger partial charge is 0.468 e. The van der Waals surface area contributed by atoms with Gasteiger partial charge < -0.3 is 10.1 Å². The number of ether oxygens (including phenoxy) is 1. The molecule has 1 aliphatic rings. The van der Waals surface area contributed by atoms with E-state index >= 15 is 0 Å². The van der Waals surface area contributed by atoms with E-state index in [4.69, 9.17) is 4.74 Å². The Kier molecular flexibility index (Phi) is 7.44. The highest BCUT2D eigenvalue weighted by Crippen LogP contribution is 2.28. The molecule has 112 valence electrons. The van der Waals surface area contributed by atoms with Crippen LogP contribution in [0.15, 0.2) is 0 Å². The number of hydrogen-bond acceptors (Lipinski definition) is 3. The number of nitrogens with one attached hydrogen (secondary N) is 1. The highest BCUT2D eigenvalue weighted by Gasteiger charge is 2.26. The summed E-state index contributed by atoms with van der Waals surface area (Å²) in [7, 11) is 1.48. The average molecular weight is 269 g/mol. The molecule has 1 saturated carbocycles. The topological polar surface area (TPSA) is 38.3 Å². The molecule has 0 bridgehead atoms. The van der Waals surface area contributed by atoms with E-state index in [2.05, 4.69) is 26.1 Å². The molecule has 0 aliphatic heterocycles. The van der Waals surface area contributed by atoms with Crippen LogP contribution in [0.25, 0.3) is 0 Å². The van der Waals surface area contributed by atoms with Crippen LogP contribution < -0.4 is 5.32 Å². The standard InChI is InChI=1S/C16H31NO2/c1-5-6-13-7-9-14(10-8-13)17-15(11-12(2)3)16(18)19-4/h12-15,17H,5-11H2,1-4H3. The molecule has 1 fully saturated rings. The third kappa shape index (κ3) is 5.94. The van der Waals surface area contributed by atoms with Crippen LogP contribution in [0.5, 0.6) is 0 Å². The predicted molar refractivity (Wildman–Crippen MR) is 79.0 cm³/mol. The highest BCUT2D eigenvalue weighted by molar-refractivity contribution is 5.75. The third-order valence-electron chi connectivity index (χ3n) is 4.17. The van der Waals surface area contributed by atoms with E-state index < -0.39 is 0 Å². The summed E-state index contributed by atoms with van der Waals surface area (Å²) in [5, 5.41) is 3.53. The molecule has 0 amide bonds. The van der Waals surface area contributed by atoms with Crippen LogP contribution >= 0.6 is 0 Å². The number of methoxy groups -OCH3 is 1. The van der Waals surface area contributed by atoms with Crippen LogP contribution in [-0.2, 0) is 9.53 Å². The molecule has 0 radical (unpaired) electrons. The minimum absolute atomic E-state index is 0.107. The van der Waals surface area contributed by atoms with Crippen LogP contribution in [-0.4, -0.2) is 25.2 Å². The van der Waals surface area contributed by atoms with Gasteiger partial charge in [0.25, 0.3) is 0 Å². The summed E-state index contributed by atoms with van der Waals surface area (Å²) in [6.45, 7) is 6.56. The molecular weight excluding hydrogens is 238 g/mol. The van der Waals surface area contributed by atoms with Gasteiger partial charge in [-0.1, -0.05) is 33.6 Å². The number of esters is 1. The molecule has 3 nitrogen and oxygen atoms in total. The smallest absolute Gasteiger partial charge is 0.322 e. The van der Waals surface area contributed by atoms with E-state index in [1.165, 1.54) is 45.6 Å². The van der Waals surface area contributed by atoms with Gasteiger partial charge in [-0.3, -0.25) is 4.79 Å². The van der Waals surface area contributed by atoms with Crippen molar-refractivity contribution in [2.24, 2.45) is 11.8 Å². The molecular formula is C16H31NO2. The number of carbonyl (C=O) groups is 1. The molecule has 0 aromatic heterocycles. The van der Waals surface area contributed by atoms with E-state index in [0.29, 0.717) is 12.0 Å². The summed E-state index contributed by atoms with van der Waals surface area (Å²) >= 11 is 0. The van der Waals surface area contributed by atoms with Gasteiger partial charge in [0.1, 0.15) is 6.04 Å². The molecule has 1 unspecified atom stereocenters. The molecule has 1 atom stereocenters. The molecule has 0 heterocycles. The van der Waals surface area contributed by atoms with E-state index in [9.17, 15) is 4.79 Å². The Morgan fingerprint density at radius 1 is 1.26 bits per heavy atom. The number of hydrogen-bond donors (Lipinski definition) is 1. The van der Waals surface area contributed by atoms with Gasteiger partial charge in [-0.15, -0.1) is 0 Å². The highest BCUT2D eigenvalue weighted by atomic mass is 16.5. The molecule has 1 N–H and O–H groups in total. The van der Waals surface area contributed by atoms with Crippen molar-refractivity contribution in [3.8, 4) is 0 Å². The zero-order valence-corrected chi connectivity index (χ0v) is 13.1. The lowest BCUT2D eigenvalue weighted by molar-refractivity contribution is -0.143. The van der Waals surface area contributed by atoms with Crippen molar-refractivity contribution in [2.45, 2.75) is 77.8 Å². The number of carbonyl (C=O) groups excluding carboxylic acids is 1. The van der Waals surface area contributed by atoms with E-state index in [0.717, 1.165) is 12.3 Å². The third-order valence-corrected chi connectivity index (χ3v) is 4.17. The van der Waals surface area contributed by atoms with Crippen LogP contribution in [0.4, 0.5) is 0 Å². The van der Waals surface area contributed by atoms with Gasteiger partial charge in [0.15, 0.2) is 0 Å². The van der Waals surface area contributed by atoms with Crippen LogP contribution in [0, 0.1) is 11.8 Å². The van der Waals surface area contributed by atoms with E-state index in [1.54, 1.807) is 0 Å². The molecule has 0 aromatic carbocycles. The van der Waals surface area contributed by atoms with Gasteiger partial charge in [-0.2, -0.15) is 0 Å². The Labute approximate surface area is 118 Å². The zero-order valence-electron chi connectivity index (χ0n) is 13.1. The molecule has 1 rings (SSSR count). The summed E-state index contributed by atoms with van der Waals surface area (Å²) in [4.78, 5) is 11.8. The van der Waals surface area contributed by atoms with Crippen molar-refractivity contribution in [1.82, 2.24) is 5.32 Å². The first kappa shape index (κ1) is 16.5. The van der Waals surface area contributed by atoms with Gasteiger partial charge >= 0.3 is 5.97 Å². The summed E-state index contributed by atoms with van der Waals surface area (Å²) in [5.74, 6) is 1.31. The van der Waals surface area contributed by atoms with Gasteiger partial charge in [0, 0.05) is 6.04 Å². The molecule has 1 aliphatic carbocycles. The fourth-order valence-electron chi connectivity index (χ4n) is 3.16. The minimum Gasteiger partial charge on any atom is -0.468 e.